The van der Waals surface area contributed by atoms with Gasteiger partial charge in [0.15, 0.2) is 0 Å². The zero-order valence-corrected chi connectivity index (χ0v) is 6.30. The van der Waals surface area contributed by atoms with Gasteiger partial charge in [-0.2, -0.15) is 0 Å². The first kappa shape index (κ1) is 5.76. The minimum Gasteiger partial charge on any atom is -0.0620 e. The van der Waals surface area contributed by atoms with Crippen LogP contribution in [0.5, 0.6) is 0 Å². The smallest absolute Gasteiger partial charge is 0.0349 e. The van der Waals surface area contributed by atoms with Crippen LogP contribution in [0.3, 0.4) is 0 Å². The Bertz CT molecular complexity index is 99.2. The molecule has 51 valence electrons. The largest absolute Gasteiger partial charge is 0.0620 e. The summed E-state index contributed by atoms with van der Waals surface area (Å²) in [5, 5.41) is 0. The Labute approximate surface area is 57.6 Å². The molecule has 0 aromatic rings. The molecule has 0 amide bonds. The first-order valence-corrected chi connectivity index (χ1v) is 4.12. The monoisotopic (exact) mass is 123 g/mol. The van der Waals surface area contributed by atoms with Crippen molar-refractivity contribution >= 4 is 0 Å². The van der Waals surface area contributed by atoms with Gasteiger partial charge in [-0.05, 0) is 42.9 Å². The van der Waals surface area contributed by atoms with Crippen LogP contribution in [0.25, 0.3) is 0 Å². The predicted molar refractivity (Wildman–Crippen MR) is 38.8 cm³/mol. The van der Waals surface area contributed by atoms with E-state index in [4.69, 9.17) is 0 Å². The normalized spacial score (nSPS) is 56.7. The molecule has 0 spiro atoms. The Morgan fingerprint density at radius 2 is 2.00 bits per heavy atom. The van der Waals surface area contributed by atoms with Crippen molar-refractivity contribution < 1.29 is 0 Å². The molecule has 2 aliphatic carbocycles. The number of hydrogen-bond donors (Lipinski definition) is 0. The van der Waals surface area contributed by atoms with Gasteiger partial charge >= 0.3 is 0 Å². The second kappa shape index (κ2) is 1.74. The van der Waals surface area contributed by atoms with Crippen LogP contribution in [0.1, 0.15) is 26.7 Å². The summed E-state index contributed by atoms with van der Waals surface area (Å²) in [6, 6.07) is 0. The summed E-state index contributed by atoms with van der Waals surface area (Å²) < 4.78 is 0. The second-order valence-corrected chi connectivity index (χ2v) is 3.85. The van der Waals surface area contributed by atoms with Crippen molar-refractivity contribution in [2.45, 2.75) is 26.7 Å². The van der Waals surface area contributed by atoms with Gasteiger partial charge in [-0.25, -0.2) is 0 Å². The molecule has 0 saturated heterocycles. The molecule has 4 atom stereocenters. The maximum atomic E-state index is 2.54. The molecule has 4 unspecified atom stereocenters. The summed E-state index contributed by atoms with van der Waals surface area (Å²) in [6.45, 7) is 4.83. The zero-order chi connectivity index (χ0) is 6.43. The Morgan fingerprint density at radius 1 is 1.22 bits per heavy atom. The zero-order valence-electron chi connectivity index (χ0n) is 6.30. The fraction of sp³-hybridized carbons (Fsp3) is 0.889. The van der Waals surface area contributed by atoms with Gasteiger partial charge in [0.25, 0.3) is 0 Å². The molecule has 2 saturated carbocycles. The van der Waals surface area contributed by atoms with E-state index in [0.29, 0.717) is 0 Å². The van der Waals surface area contributed by atoms with E-state index in [1.807, 2.05) is 0 Å². The van der Waals surface area contributed by atoms with Crippen molar-refractivity contribution in [1.82, 2.24) is 0 Å². The van der Waals surface area contributed by atoms with Crippen LogP contribution in [-0.2, 0) is 0 Å². The summed E-state index contributed by atoms with van der Waals surface area (Å²) in [5.41, 5.74) is 0. The van der Waals surface area contributed by atoms with Crippen LogP contribution in [0.15, 0.2) is 0 Å². The second-order valence-electron chi connectivity index (χ2n) is 3.85. The van der Waals surface area contributed by atoms with E-state index < -0.39 is 0 Å². The number of rotatable bonds is 0. The average molecular weight is 123 g/mol. The first-order valence-electron chi connectivity index (χ1n) is 4.12. The minimum absolute atomic E-state index is 0.990. The highest BCUT2D eigenvalue weighted by Gasteiger charge is 2.42. The molecule has 0 nitrogen and oxygen atoms in total. The Hall–Kier alpha value is 0. The SMILES string of the molecule is CC1C2[CH]CC(C2)C1C. The maximum Gasteiger partial charge on any atom is -0.0349 e. The van der Waals surface area contributed by atoms with Crippen molar-refractivity contribution in [2.75, 3.05) is 0 Å². The fourth-order valence-corrected chi connectivity index (χ4v) is 2.57. The van der Waals surface area contributed by atoms with Crippen molar-refractivity contribution in [2.24, 2.45) is 23.7 Å². The van der Waals surface area contributed by atoms with E-state index in [2.05, 4.69) is 20.3 Å². The van der Waals surface area contributed by atoms with Gasteiger partial charge in [0.2, 0.25) is 0 Å². The molecule has 1 radical (unpaired) electrons. The highest BCUT2D eigenvalue weighted by atomic mass is 14.5. The van der Waals surface area contributed by atoms with Crippen molar-refractivity contribution in [1.29, 1.82) is 0 Å². The maximum absolute atomic E-state index is 2.54. The lowest BCUT2D eigenvalue weighted by Crippen LogP contribution is -2.16. The fourth-order valence-electron chi connectivity index (χ4n) is 2.57. The topological polar surface area (TPSA) is 0 Å². The first-order chi connectivity index (χ1) is 4.29. The molecule has 2 aliphatic rings. The van der Waals surface area contributed by atoms with E-state index in [0.717, 1.165) is 23.7 Å². The van der Waals surface area contributed by atoms with E-state index in [9.17, 15) is 0 Å². The van der Waals surface area contributed by atoms with Crippen LogP contribution in [0.4, 0.5) is 0 Å². The third-order valence-corrected chi connectivity index (χ3v) is 3.56. The molecular formula is C9H15. The Morgan fingerprint density at radius 3 is 2.33 bits per heavy atom. The van der Waals surface area contributed by atoms with E-state index in [1.165, 1.54) is 12.8 Å². The van der Waals surface area contributed by atoms with Crippen LogP contribution < -0.4 is 0 Å². The van der Waals surface area contributed by atoms with Gasteiger partial charge in [0, 0.05) is 0 Å². The summed E-state index contributed by atoms with van der Waals surface area (Å²) in [7, 11) is 0. The predicted octanol–water partition coefficient (Wildman–Crippen LogP) is 2.50. The molecule has 0 aromatic heterocycles. The highest BCUT2D eigenvalue weighted by molar-refractivity contribution is 5.01. The van der Waals surface area contributed by atoms with Crippen molar-refractivity contribution in [3.05, 3.63) is 6.42 Å². The van der Waals surface area contributed by atoms with Gasteiger partial charge < -0.3 is 0 Å². The van der Waals surface area contributed by atoms with Crippen LogP contribution in [-0.4, -0.2) is 0 Å². The number of hydrogen-bond acceptors (Lipinski definition) is 0. The molecule has 0 aliphatic heterocycles. The molecule has 9 heavy (non-hydrogen) atoms. The Kier molecular flexibility index (Phi) is 1.12. The van der Waals surface area contributed by atoms with Crippen LogP contribution >= 0.6 is 0 Å². The lowest BCUT2D eigenvalue weighted by atomic mass is 9.82. The highest BCUT2D eigenvalue weighted by Crippen LogP contribution is 2.50. The quantitative estimate of drug-likeness (QED) is 0.464. The molecule has 0 N–H and O–H groups in total. The average Bonchev–Trinajstić information content (AvgIpc) is 2.37. The number of fused-ring (bicyclic) bond motifs is 2. The third kappa shape index (κ3) is 0.653. The van der Waals surface area contributed by atoms with Gasteiger partial charge in [-0.1, -0.05) is 13.8 Å². The van der Waals surface area contributed by atoms with Gasteiger partial charge in [-0.15, -0.1) is 0 Å². The van der Waals surface area contributed by atoms with Gasteiger partial charge in [0.05, 0.1) is 0 Å². The van der Waals surface area contributed by atoms with Crippen molar-refractivity contribution in [3.8, 4) is 0 Å². The summed E-state index contributed by atoms with van der Waals surface area (Å²) in [4.78, 5) is 0. The van der Waals surface area contributed by atoms with Crippen LogP contribution in [0, 0.1) is 30.1 Å². The lowest BCUT2D eigenvalue weighted by molar-refractivity contribution is 0.301. The summed E-state index contributed by atoms with van der Waals surface area (Å²) >= 11 is 0. The molecule has 0 heteroatoms. The lowest BCUT2D eigenvalue weighted by Gasteiger charge is -2.23. The van der Waals surface area contributed by atoms with Gasteiger partial charge in [0.1, 0.15) is 0 Å². The molecule has 0 aromatic carbocycles. The third-order valence-electron chi connectivity index (χ3n) is 3.56. The van der Waals surface area contributed by atoms with E-state index in [-0.39, 0.29) is 0 Å². The summed E-state index contributed by atoms with van der Waals surface area (Å²) in [6.07, 6.45) is 5.45. The van der Waals surface area contributed by atoms with Gasteiger partial charge in [-0.3, -0.25) is 0 Å². The minimum atomic E-state index is 0.990. The summed E-state index contributed by atoms with van der Waals surface area (Å²) in [5.74, 6) is 4.05. The van der Waals surface area contributed by atoms with E-state index >= 15 is 0 Å². The Balaban J connectivity index is 2.15. The molecule has 0 heterocycles. The van der Waals surface area contributed by atoms with Crippen LogP contribution in [0.2, 0.25) is 0 Å². The van der Waals surface area contributed by atoms with E-state index in [1.54, 1.807) is 0 Å². The molecule has 2 fully saturated rings. The standard InChI is InChI=1S/C9H15/c1-6-7(2)9-4-3-8(6)5-9/h3,6-9H,4-5H2,1-2H3. The molecule has 2 bridgehead atoms. The van der Waals surface area contributed by atoms with Crippen molar-refractivity contribution in [3.63, 3.8) is 0 Å². The molecular weight excluding hydrogens is 108 g/mol. The molecule has 2 rings (SSSR count).